The first kappa shape index (κ1) is 31.4. The van der Waals surface area contributed by atoms with Crippen LogP contribution in [0.4, 0.5) is 16.2 Å². The van der Waals surface area contributed by atoms with Crippen molar-refractivity contribution in [3.05, 3.63) is 54.1 Å². The number of ether oxygens (including phenoxy) is 2. The first-order chi connectivity index (χ1) is 19.2. The molecule has 0 radical (unpaired) electrons. The van der Waals surface area contributed by atoms with Crippen LogP contribution in [0.15, 0.2) is 48.5 Å². The Hall–Kier alpha value is -4.08. The Morgan fingerprint density at radius 2 is 1.63 bits per heavy atom. The molecule has 0 unspecified atom stereocenters. The van der Waals surface area contributed by atoms with Crippen LogP contribution >= 0.6 is 0 Å². The summed E-state index contributed by atoms with van der Waals surface area (Å²) in [4.78, 5) is 58.0. The van der Waals surface area contributed by atoms with E-state index in [2.05, 4.69) is 5.32 Å². The molecule has 0 saturated carbocycles. The van der Waals surface area contributed by atoms with Crippen molar-refractivity contribution in [2.45, 2.75) is 72.2 Å². The van der Waals surface area contributed by atoms with Crippen LogP contribution in [0.2, 0.25) is 0 Å². The van der Waals surface area contributed by atoms with Crippen LogP contribution in [-0.2, 0) is 25.7 Å². The largest absolute Gasteiger partial charge is 0.496 e. The molecule has 0 bridgehead atoms. The molecular formula is C31H42N4O6. The summed E-state index contributed by atoms with van der Waals surface area (Å²) in [5.41, 5.74) is 1.16. The summed E-state index contributed by atoms with van der Waals surface area (Å²) in [6.45, 7) is 10.8. The van der Waals surface area contributed by atoms with Crippen LogP contribution in [0.5, 0.6) is 5.75 Å². The van der Waals surface area contributed by atoms with Crippen LogP contribution in [0.1, 0.15) is 53.5 Å². The summed E-state index contributed by atoms with van der Waals surface area (Å²) in [6, 6.07) is 12.6. The van der Waals surface area contributed by atoms with Gasteiger partial charge in [0.2, 0.25) is 11.8 Å². The van der Waals surface area contributed by atoms with Gasteiger partial charge in [0, 0.05) is 19.0 Å². The zero-order valence-corrected chi connectivity index (χ0v) is 25.3. The number of rotatable bonds is 8. The van der Waals surface area contributed by atoms with Crippen LogP contribution in [0.3, 0.4) is 0 Å². The third-order valence-electron chi connectivity index (χ3n) is 6.76. The van der Waals surface area contributed by atoms with E-state index in [-0.39, 0.29) is 37.2 Å². The number of carbonyl (C=O) groups is 4. The maximum Gasteiger partial charge on any atom is 0.410 e. The molecule has 10 heteroatoms. The average molecular weight is 567 g/mol. The minimum atomic E-state index is -1.07. The minimum absolute atomic E-state index is 0.0571. The van der Waals surface area contributed by atoms with Gasteiger partial charge in [-0.05, 0) is 51.8 Å². The summed E-state index contributed by atoms with van der Waals surface area (Å²) >= 11 is 0. The fourth-order valence-corrected chi connectivity index (χ4v) is 4.52. The van der Waals surface area contributed by atoms with Crippen molar-refractivity contribution in [1.29, 1.82) is 0 Å². The number of para-hydroxylation sites is 3. The van der Waals surface area contributed by atoms with E-state index in [1.165, 1.54) is 11.9 Å². The van der Waals surface area contributed by atoms with E-state index in [0.29, 0.717) is 17.1 Å². The zero-order chi connectivity index (χ0) is 30.5. The van der Waals surface area contributed by atoms with Crippen molar-refractivity contribution >= 4 is 35.2 Å². The molecule has 1 N–H and O–H groups in total. The van der Waals surface area contributed by atoms with E-state index in [1.807, 2.05) is 50.2 Å². The third-order valence-corrected chi connectivity index (χ3v) is 6.76. The first-order valence-electron chi connectivity index (χ1n) is 13.8. The lowest BCUT2D eigenvalue weighted by atomic mass is 10.1. The second-order valence-corrected chi connectivity index (χ2v) is 11.7. The SMILES string of the molecule is COc1ccccc1CN1C(=O)[C@@H](NC(=O)[C@H](C)N(C)C(=O)OC(C)(C)C)CN(C(=O)CC(C)C)c2ccccc21. The third kappa shape index (κ3) is 7.77. The van der Waals surface area contributed by atoms with Gasteiger partial charge in [-0.2, -0.15) is 0 Å². The Morgan fingerprint density at radius 1 is 1.02 bits per heavy atom. The highest BCUT2D eigenvalue weighted by atomic mass is 16.6. The zero-order valence-electron chi connectivity index (χ0n) is 25.3. The fourth-order valence-electron chi connectivity index (χ4n) is 4.52. The number of benzene rings is 2. The van der Waals surface area contributed by atoms with Gasteiger partial charge in [-0.25, -0.2) is 4.79 Å². The molecule has 0 aliphatic carbocycles. The summed E-state index contributed by atoms with van der Waals surface area (Å²) in [6.07, 6.45) is -0.390. The molecule has 3 rings (SSSR count). The highest BCUT2D eigenvalue weighted by molar-refractivity contribution is 6.08. The van der Waals surface area contributed by atoms with Crippen LogP contribution in [0, 0.1) is 5.92 Å². The molecule has 2 atom stereocenters. The molecule has 2 aromatic rings. The van der Waals surface area contributed by atoms with E-state index >= 15 is 0 Å². The van der Waals surface area contributed by atoms with Gasteiger partial charge >= 0.3 is 6.09 Å². The number of anilines is 2. The number of hydrogen-bond acceptors (Lipinski definition) is 6. The highest BCUT2D eigenvalue weighted by Crippen LogP contribution is 2.35. The second kappa shape index (κ2) is 13.1. The maximum absolute atomic E-state index is 14.2. The Bertz CT molecular complexity index is 1270. The molecule has 0 aromatic heterocycles. The van der Waals surface area contributed by atoms with Gasteiger partial charge in [0.15, 0.2) is 0 Å². The Kier molecular flexibility index (Phi) is 10.0. The number of amides is 4. The van der Waals surface area contributed by atoms with E-state index in [4.69, 9.17) is 9.47 Å². The van der Waals surface area contributed by atoms with Gasteiger partial charge in [-0.15, -0.1) is 0 Å². The van der Waals surface area contributed by atoms with Crippen LogP contribution < -0.4 is 19.9 Å². The van der Waals surface area contributed by atoms with Gasteiger partial charge < -0.3 is 24.6 Å². The van der Waals surface area contributed by atoms with Gasteiger partial charge in [-0.3, -0.25) is 19.3 Å². The molecule has 1 heterocycles. The van der Waals surface area contributed by atoms with E-state index in [0.717, 1.165) is 5.56 Å². The summed E-state index contributed by atoms with van der Waals surface area (Å²) in [5.74, 6) is -0.380. The van der Waals surface area contributed by atoms with E-state index in [1.54, 1.807) is 56.7 Å². The molecule has 222 valence electrons. The lowest BCUT2D eigenvalue weighted by Gasteiger charge is -2.30. The van der Waals surface area contributed by atoms with Gasteiger partial charge in [-0.1, -0.05) is 44.2 Å². The number of likely N-dealkylation sites (N-methyl/N-ethyl adjacent to an activating group) is 1. The maximum atomic E-state index is 14.2. The van der Waals surface area contributed by atoms with Crippen molar-refractivity contribution in [3.8, 4) is 5.75 Å². The van der Waals surface area contributed by atoms with Crippen molar-refractivity contribution < 1.29 is 28.7 Å². The molecule has 4 amide bonds. The number of hydrogen-bond donors (Lipinski definition) is 1. The van der Waals surface area contributed by atoms with Gasteiger partial charge in [0.05, 0.1) is 31.6 Å². The van der Waals surface area contributed by atoms with Crippen molar-refractivity contribution in [3.63, 3.8) is 0 Å². The lowest BCUT2D eigenvalue weighted by Crippen LogP contribution is -2.57. The van der Waals surface area contributed by atoms with Gasteiger partial charge in [0.1, 0.15) is 23.4 Å². The summed E-state index contributed by atoms with van der Waals surface area (Å²) in [5, 5.41) is 2.82. The van der Waals surface area contributed by atoms with E-state index in [9.17, 15) is 19.2 Å². The van der Waals surface area contributed by atoms with Gasteiger partial charge in [0.25, 0.3) is 5.91 Å². The highest BCUT2D eigenvalue weighted by Gasteiger charge is 2.38. The van der Waals surface area contributed by atoms with Crippen molar-refractivity contribution in [2.24, 2.45) is 5.92 Å². The molecule has 0 saturated heterocycles. The molecule has 1 aliphatic heterocycles. The normalized spacial score (nSPS) is 16.0. The molecule has 0 fully saturated rings. The Morgan fingerprint density at radius 3 is 2.24 bits per heavy atom. The average Bonchev–Trinajstić information content (AvgIpc) is 3.01. The molecule has 2 aromatic carbocycles. The predicted octanol–water partition coefficient (Wildman–Crippen LogP) is 4.36. The number of methoxy groups -OCH3 is 1. The molecular weight excluding hydrogens is 524 g/mol. The lowest BCUT2D eigenvalue weighted by molar-refractivity contribution is -0.130. The number of nitrogens with zero attached hydrogens (tertiary/aromatic N) is 3. The number of nitrogens with one attached hydrogen (secondary N) is 1. The van der Waals surface area contributed by atoms with Crippen molar-refractivity contribution in [2.75, 3.05) is 30.5 Å². The summed E-state index contributed by atoms with van der Waals surface area (Å²) in [7, 11) is 3.03. The van der Waals surface area contributed by atoms with E-state index < -0.39 is 29.7 Å². The topological polar surface area (TPSA) is 108 Å². The molecule has 10 nitrogen and oxygen atoms in total. The second-order valence-electron chi connectivity index (χ2n) is 11.7. The first-order valence-corrected chi connectivity index (χ1v) is 13.8. The Balaban J connectivity index is 2.00. The fraction of sp³-hybridized carbons (Fsp3) is 0.484. The summed E-state index contributed by atoms with van der Waals surface area (Å²) < 4.78 is 10.9. The molecule has 0 spiro atoms. The van der Waals surface area contributed by atoms with Crippen molar-refractivity contribution in [1.82, 2.24) is 10.2 Å². The number of fused-ring (bicyclic) bond motifs is 1. The van der Waals surface area contributed by atoms with Crippen LogP contribution in [-0.4, -0.2) is 67.1 Å². The van der Waals surface area contributed by atoms with Crippen LogP contribution in [0.25, 0.3) is 0 Å². The molecule has 41 heavy (non-hydrogen) atoms. The minimum Gasteiger partial charge on any atom is -0.496 e. The standard InChI is InChI=1S/C31H42N4O6/c1-20(2)17-27(36)34-19-23(32-28(37)21(3)33(7)30(39)41-31(4,5)6)29(38)35(25-15-11-10-14-24(25)34)18-22-13-9-12-16-26(22)40-8/h9-16,20-21,23H,17-19H2,1-8H3,(H,32,37)/t21-,23-/m0/s1. The smallest absolute Gasteiger partial charge is 0.410 e. The molecule has 1 aliphatic rings. The monoisotopic (exact) mass is 566 g/mol. The number of carbonyl (C=O) groups excluding carboxylic acids is 4. The Labute approximate surface area is 242 Å². The quantitative estimate of drug-likeness (QED) is 0.509. The predicted molar refractivity (Wildman–Crippen MR) is 158 cm³/mol.